The summed E-state index contributed by atoms with van der Waals surface area (Å²) in [5.41, 5.74) is 0. The van der Waals surface area contributed by atoms with Crippen molar-refractivity contribution in [1.82, 2.24) is 0 Å². The Hall–Kier alpha value is 0.359. The van der Waals surface area contributed by atoms with Crippen molar-refractivity contribution in [2.24, 2.45) is 0 Å². The molecule has 0 aromatic rings. The Kier molecular flexibility index (Phi) is 10.7. The van der Waals surface area contributed by atoms with Crippen molar-refractivity contribution >= 4 is 0 Å². The van der Waals surface area contributed by atoms with Crippen LogP contribution in [0.25, 0.3) is 21.3 Å². The molecular formula is C8H16CuN4-2. The molecule has 2 fully saturated rings. The summed E-state index contributed by atoms with van der Waals surface area (Å²) in [7, 11) is 0. The van der Waals surface area contributed by atoms with Crippen LogP contribution in [-0.2, 0) is 17.1 Å². The summed E-state index contributed by atoms with van der Waals surface area (Å²) < 4.78 is 0. The van der Waals surface area contributed by atoms with Gasteiger partial charge in [-0.15, -0.1) is 0 Å². The van der Waals surface area contributed by atoms with E-state index in [2.05, 4.69) is 21.3 Å². The number of hydrogen-bond acceptors (Lipinski definition) is 0. The van der Waals surface area contributed by atoms with Crippen LogP contribution in [0, 0.1) is 0 Å². The molecule has 2 heterocycles. The van der Waals surface area contributed by atoms with Gasteiger partial charge in [0.15, 0.2) is 0 Å². The van der Waals surface area contributed by atoms with E-state index >= 15 is 0 Å². The molecule has 0 spiro atoms. The van der Waals surface area contributed by atoms with Gasteiger partial charge >= 0.3 is 17.1 Å². The quantitative estimate of drug-likeness (QED) is 0.568. The number of nitrogens with zero attached hydrogens (tertiary/aromatic N) is 4. The van der Waals surface area contributed by atoms with Gasteiger partial charge in [-0.05, 0) is 0 Å². The van der Waals surface area contributed by atoms with Gasteiger partial charge in [0.1, 0.15) is 0 Å². The minimum atomic E-state index is 0. The summed E-state index contributed by atoms with van der Waals surface area (Å²) >= 11 is 0. The molecule has 0 amide bonds. The molecular weight excluding hydrogens is 216 g/mol. The molecule has 4 nitrogen and oxygen atoms in total. The largest absolute Gasteiger partial charge is 2.00 e. The van der Waals surface area contributed by atoms with Gasteiger partial charge in [0.25, 0.3) is 0 Å². The molecule has 81 valence electrons. The van der Waals surface area contributed by atoms with Gasteiger partial charge in [-0.1, -0.05) is 0 Å². The van der Waals surface area contributed by atoms with E-state index in [0.29, 0.717) is 0 Å². The Morgan fingerprint density at radius 3 is 0.615 bits per heavy atom. The molecule has 2 aliphatic heterocycles. The van der Waals surface area contributed by atoms with E-state index in [-0.39, 0.29) is 17.1 Å². The number of piperazine rings is 2. The summed E-state index contributed by atoms with van der Waals surface area (Å²) in [6.45, 7) is 7.67. The molecule has 2 rings (SSSR count). The fourth-order valence-corrected chi connectivity index (χ4v) is 1.01. The van der Waals surface area contributed by atoms with Crippen molar-refractivity contribution < 1.29 is 17.1 Å². The SMILES string of the molecule is C1C[N-]CC[N-]1.C1C[N-]CC[N-]1.[Cu+2]. The van der Waals surface area contributed by atoms with E-state index in [4.69, 9.17) is 0 Å². The number of rotatable bonds is 0. The van der Waals surface area contributed by atoms with E-state index in [9.17, 15) is 0 Å². The zero-order valence-corrected chi connectivity index (χ0v) is 8.69. The Labute approximate surface area is 91.1 Å². The maximum atomic E-state index is 4.08. The molecule has 2 aliphatic rings. The standard InChI is InChI=1S/2C4H8N2.Cu/c2*1-2-6-4-3-5-1;/h2*1-4H2;/q2*-2;+2. The first-order valence-corrected chi connectivity index (χ1v) is 4.53. The summed E-state index contributed by atoms with van der Waals surface area (Å²) in [6, 6.07) is 0. The monoisotopic (exact) mass is 231 g/mol. The summed E-state index contributed by atoms with van der Waals surface area (Å²) in [5.74, 6) is 0. The van der Waals surface area contributed by atoms with Gasteiger partial charge in [0.2, 0.25) is 0 Å². The summed E-state index contributed by atoms with van der Waals surface area (Å²) in [5, 5.41) is 16.3. The van der Waals surface area contributed by atoms with Crippen molar-refractivity contribution in [2.45, 2.75) is 0 Å². The van der Waals surface area contributed by atoms with Crippen LogP contribution >= 0.6 is 0 Å². The number of hydrogen-bond donors (Lipinski definition) is 0. The van der Waals surface area contributed by atoms with Crippen LogP contribution in [0.2, 0.25) is 0 Å². The van der Waals surface area contributed by atoms with Crippen molar-refractivity contribution in [3.05, 3.63) is 21.3 Å². The van der Waals surface area contributed by atoms with Gasteiger partial charge in [0.05, 0.1) is 0 Å². The maximum Gasteiger partial charge on any atom is 2.00 e. The van der Waals surface area contributed by atoms with Crippen LogP contribution in [0.15, 0.2) is 0 Å². The Bertz CT molecular complexity index is 59.1. The molecule has 2 saturated heterocycles. The first-order valence-electron chi connectivity index (χ1n) is 4.53. The zero-order valence-electron chi connectivity index (χ0n) is 7.75. The van der Waals surface area contributed by atoms with Gasteiger partial charge in [0, 0.05) is 0 Å². The molecule has 0 aromatic carbocycles. The van der Waals surface area contributed by atoms with Crippen LogP contribution in [-0.4, -0.2) is 52.4 Å². The molecule has 0 bridgehead atoms. The van der Waals surface area contributed by atoms with Crippen molar-refractivity contribution in [1.29, 1.82) is 0 Å². The second-order valence-corrected chi connectivity index (χ2v) is 2.68. The molecule has 0 aliphatic carbocycles. The van der Waals surface area contributed by atoms with Crippen molar-refractivity contribution in [3.63, 3.8) is 0 Å². The van der Waals surface area contributed by atoms with Gasteiger partial charge in [-0.25, -0.2) is 0 Å². The van der Waals surface area contributed by atoms with Crippen molar-refractivity contribution in [2.75, 3.05) is 52.4 Å². The molecule has 0 saturated carbocycles. The predicted octanol–water partition coefficient (Wildman–Crippen LogP) is 1.49. The van der Waals surface area contributed by atoms with Gasteiger partial charge in [-0.3, -0.25) is 0 Å². The Morgan fingerprint density at radius 2 is 0.538 bits per heavy atom. The average molecular weight is 232 g/mol. The maximum absolute atomic E-state index is 4.08. The van der Waals surface area contributed by atoms with E-state index in [1.807, 2.05) is 0 Å². The topological polar surface area (TPSA) is 56.4 Å². The third-order valence-electron chi connectivity index (χ3n) is 1.66. The molecule has 0 atom stereocenters. The predicted molar refractivity (Wildman–Crippen MR) is 52.4 cm³/mol. The van der Waals surface area contributed by atoms with Crippen LogP contribution < -0.4 is 0 Å². The fourth-order valence-electron chi connectivity index (χ4n) is 1.01. The minimum Gasteiger partial charge on any atom is -0.665 e. The second kappa shape index (κ2) is 10.4. The van der Waals surface area contributed by atoms with Gasteiger partial charge < -0.3 is 21.3 Å². The third kappa shape index (κ3) is 8.68. The molecule has 1 radical (unpaired) electrons. The smallest absolute Gasteiger partial charge is 0.665 e. The van der Waals surface area contributed by atoms with Gasteiger partial charge in [-0.2, -0.15) is 52.4 Å². The molecule has 0 aromatic heterocycles. The second-order valence-electron chi connectivity index (χ2n) is 2.68. The van der Waals surface area contributed by atoms with E-state index in [1.54, 1.807) is 0 Å². The third-order valence-corrected chi connectivity index (χ3v) is 1.66. The minimum absolute atomic E-state index is 0. The van der Waals surface area contributed by atoms with E-state index < -0.39 is 0 Å². The average Bonchev–Trinajstić information content (AvgIpc) is 2.24. The molecule has 5 heteroatoms. The Morgan fingerprint density at radius 1 is 0.385 bits per heavy atom. The Balaban J connectivity index is 0.000000206. The summed E-state index contributed by atoms with van der Waals surface area (Å²) in [6.07, 6.45) is 0. The fraction of sp³-hybridized carbons (Fsp3) is 1.00. The van der Waals surface area contributed by atoms with Crippen LogP contribution in [0.1, 0.15) is 0 Å². The van der Waals surface area contributed by atoms with Crippen LogP contribution in [0.4, 0.5) is 0 Å². The van der Waals surface area contributed by atoms with E-state index in [0.717, 1.165) is 52.4 Å². The first kappa shape index (κ1) is 13.4. The normalized spacial score (nSPS) is 22.2. The molecule has 13 heavy (non-hydrogen) atoms. The van der Waals surface area contributed by atoms with E-state index in [1.165, 1.54) is 0 Å². The van der Waals surface area contributed by atoms with Crippen LogP contribution in [0.3, 0.4) is 0 Å². The first-order chi connectivity index (χ1) is 6.00. The summed E-state index contributed by atoms with van der Waals surface area (Å²) in [4.78, 5) is 0. The molecule has 0 unspecified atom stereocenters. The molecule has 0 N–H and O–H groups in total. The van der Waals surface area contributed by atoms with Crippen LogP contribution in [0.5, 0.6) is 0 Å². The zero-order chi connectivity index (χ0) is 8.49. The van der Waals surface area contributed by atoms with Crippen molar-refractivity contribution in [3.8, 4) is 0 Å².